The third kappa shape index (κ3) is 3.85. The number of rotatable bonds is 4. The molecule has 0 aliphatic carbocycles. The summed E-state index contributed by atoms with van der Waals surface area (Å²) in [4.78, 5) is 4.63. The van der Waals surface area contributed by atoms with E-state index in [0.717, 1.165) is 38.4 Å². The molecule has 2 aromatic carbocycles. The Balaban J connectivity index is 1.65. The van der Waals surface area contributed by atoms with Gasteiger partial charge in [0, 0.05) is 15.7 Å². The van der Waals surface area contributed by atoms with Crippen molar-refractivity contribution in [2.24, 2.45) is 0 Å². The Morgan fingerprint density at radius 1 is 1.19 bits per heavy atom. The van der Waals surface area contributed by atoms with Gasteiger partial charge >= 0.3 is 0 Å². The quantitative estimate of drug-likeness (QED) is 0.322. The highest BCUT2D eigenvalue weighted by Crippen LogP contribution is 2.42. The molecule has 1 aliphatic heterocycles. The van der Waals surface area contributed by atoms with Crippen LogP contribution in [0.3, 0.4) is 0 Å². The zero-order valence-electron chi connectivity index (χ0n) is 17.2. The molecule has 0 radical (unpaired) electrons. The standard InChI is InChI=1S/C22H18BrClN6OS/c1-3-32-22-26-21-18(27-28-22)15-11-13(23)9-10-16(15)25-20(31-21)17-12(2)29-30(19(17)24)14-7-5-4-6-8-14/h4-11,20,25H,3H2,1-2H3/t20-/m0/s1. The molecular weight excluding hydrogens is 512 g/mol. The fourth-order valence-electron chi connectivity index (χ4n) is 3.54. The van der Waals surface area contributed by atoms with Gasteiger partial charge in [-0.25, -0.2) is 4.68 Å². The highest BCUT2D eigenvalue weighted by molar-refractivity contribution is 9.10. The number of halogens is 2. The molecule has 2 aromatic heterocycles. The van der Waals surface area contributed by atoms with E-state index in [1.54, 1.807) is 4.68 Å². The number of aryl methyl sites for hydroxylation is 1. The number of benzene rings is 2. The number of thioether (sulfide) groups is 1. The van der Waals surface area contributed by atoms with E-state index in [1.807, 2.05) is 62.4 Å². The second-order valence-corrected chi connectivity index (χ2v) is 9.56. The highest BCUT2D eigenvalue weighted by atomic mass is 79.9. The topological polar surface area (TPSA) is 77.8 Å². The number of nitrogens with one attached hydrogen (secondary N) is 1. The van der Waals surface area contributed by atoms with Crippen molar-refractivity contribution in [3.8, 4) is 22.8 Å². The molecule has 3 heterocycles. The van der Waals surface area contributed by atoms with Gasteiger partial charge in [-0.05, 0) is 43.0 Å². The summed E-state index contributed by atoms with van der Waals surface area (Å²) < 4.78 is 9.00. The summed E-state index contributed by atoms with van der Waals surface area (Å²) in [5.74, 6) is 1.23. The number of hydrogen-bond donors (Lipinski definition) is 1. The molecule has 5 rings (SSSR count). The maximum Gasteiger partial charge on any atom is 0.247 e. The van der Waals surface area contributed by atoms with Gasteiger partial charge < -0.3 is 10.1 Å². The van der Waals surface area contributed by atoms with Crippen LogP contribution in [-0.2, 0) is 0 Å². The van der Waals surface area contributed by atoms with Gasteiger partial charge in [0.2, 0.25) is 17.3 Å². The molecule has 1 atom stereocenters. The zero-order chi connectivity index (χ0) is 22.2. The average Bonchev–Trinajstić information content (AvgIpc) is 3.00. The summed E-state index contributed by atoms with van der Waals surface area (Å²) in [6.45, 7) is 3.95. The van der Waals surface area contributed by atoms with Crippen LogP contribution in [-0.4, -0.2) is 30.7 Å². The number of fused-ring (bicyclic) bond motifs is 3. The van der Waals surface area contributed by atoms with Crippen molar-refractivity contribution in [2.75, 3.05) is 11.1 Å². The molecule has 162 valence electrons. The van der Waals surface area contributed by atoms with Crippen LogP contribution >= 0.6 is 39.3 Å². The molecular formula is C22H18BrClN6OS. The lowest BCUT2D eigenvalue weighted by molar-refractivity contribution is 0.224. The predicted molar refractivity (Wildman–Crippen MR) is 130 cm³/mol. The van der Waals surface area contributed by atoms with Crippen molar-refractivity contribution < 1.29 is 4.74 Å². The van der Waals surface area contributed by atoms with Crippen molar-refractivity contribution >= 4 is 45.0 Å². The number of hydrogen-bond acceptors (Lipinski definition) is 7. The van der Waals surface area contributed by atoms with E-state index in [2.05, 4.69) is 41.5 Å². The third-order valence-corrected chi connectivity index (χ3v) is 6.55. The van der Waals surface area contributed by atoms with Gasteiger partial charge in [0.15, 0.2) is 5.69 Å². The number of nitrogens with zero attached hydrogens (tertiary/aromatic N) is 5. The monoisotopic (exact) mass is 528 g/mol. The van der Waals surface area contributed by atoms with E-state index in [0.29, 0.717) is 21.9 Å². The summed E-state index contributed by atoms with van der Waals surface area (Å²) in [6, 6.07) is 15.6. The Bertz CT molecular complexity index is 1300. The Morgan fingerprint density at radius 2 is 2.00 bits per heavy atom. The first-order valence-corrected chi connectivity index (χ1v) is 12.1. The fourth-order valence-corrected chi connectivity index (χ4v) is 4.78. The van der Waals surface area contributed by atoms with Crippen molar-refractivity contribution in [1.29, 1.82) is 0 Å². The molecule has 0 amide bonds. The molecule has 0 spiro atoms. The molecule has 10 heteroatoms. The molecule has 0 fully saturated rings. The van der Waals surface area contributed by atoms with E-state index in [-0.39, 0.29) is 0 Å². The minimum atomic E-state index is -0.614. The predicted octanol–water partition coefficient (Wildman–Crippen LogP) is 6.06. The van der Waals surface area contributed by atoms with Crippen LogP contribution in [0.15, 0.2) is 58.2 Å². The van der Waals surface area contributed by atoms with Crippen molar-refractivity contribution in [2.45, 2.75) is 25.2 Å². The maximum atomic E-state index is 6.83. The van der Waals surface area contributed by atoms with E-state index in [4.69, 9.17) is 16.3 Å². The minimum absolute atomic E-state index is 0.397. The van der Waals surface area contributed by atoms with Crippen LogP contribution in [0.5, 0.6) is 5.88 Å². The van der Waals surface area contributed by atoms with Gasteiger partial charge in [-0.1, -0.05) is 64.4 Å². The van der Waals surface area contributed by atoms with Gasteiger partial charge in [0.1, 0.15) is 5.15 Å². The first-order chi connectivity index (χ1) is 15.5. The number of para-hydroxylation sites is 1. The van der Waals surface area contributed by atoms with Crippen LogP contribution in [0, 0.1) is 6.92 Å². The minimum Gasteiger partial charge on any atom is -0.447 e. The summed E-state index contributed by atoms with van der Waals surface area (Å²) >= 11 is 11.9. The van der Waals surface area contributed by atoms with Crippen molar-refractivity contribution in [3.05, 3.63) is 69.4 Å². The number of ether oxygens (including phenoxy) is 1. The second-order valence-electron chi connectivity index (χ2n) is 7.05. The SMILES string of the molecule is CCSc1nnc2c(n1)O[C@@H](c1c(C)nn(-c3ccccc3)c1Cl)Nc1ccc(Br)cc1-2. The lowest BCUT2D eigenvalue weighted by atomic mass is 10.1. The third-order valence-electron chi connectivity index (χ3n) is 4.97. The first-order valence-electron chi connectivity index (χ1n) is 9.96. The summed E-state index contributed by atoms with van der Waals surface area (Å²) in [5.41, 5.74) is 4.61. The van der Waals surface area contributed by atoms with E-state index < -0.39 is 6.23 Å². The zero-order valence-corrected chi connectivity index (χ0v) is 20.4. The Kier molecular flexibility index (Phi) is 5.79. The fraction of sp³-hybridized carbons (Fsp3) is 0.182. The Hall–Kier alpha value is -2.62. The van der Waals surface area contributed by atoms with E-state index in [9.17, 15) is 0 Å². The molecule has 0 unspecified atom stereocenters. The van der Waals surface area contributed by atoms with Crippen LogP contribution in [0.1, 0.15) is 24.4 Å². The largest absolute Gasteiger partial charge is 0.447 e. The van der Waals surface area contributed by atoms with Crippen LogP contribution in [0.4, 0.5) is 5.69 Å². The van der Waals surface area contributed by atoms with Crippen LogP contribution < -0.4 is 10.1 Å². The smallest absolute Gasteiger partial charge is 0.247 e. The van der Waals surface area contributed by atoms with Gasteiger partial charge in [-0.15, -0.1) is 10.2 Å². The van der Waals surface area contributed by atoms with Crippen LogP contribution in [0.2, 0.25) is 5.15 Å². The van der Waals surface area contributed by atoms with E-state index >= 15 is 0 Å². The molecule has 1 N–H and O–H groups in total. The van der Waals surface area contributed by atoms with Crippen molar-refractivity contribution in [1.82, 2.24) is 25.0 Å². The van der Waals surface area contributed by atoms with Gasteiger partial charge in [0.25, 0.3) is 0 Å². The Morgan fingerprint density at radius 3 is 2.78 bits per heavy atom. The molecule has 0 saturated heterocycles. The summed E-state index contributed by atoms with van der Waals surface area (Å²) in [7, 11) is 0. The molecule has 0 saturated carbocycles. The number of aromatic nitrogens is 5. The highest BCUT2D eigenvalue weighted by Gasteiger charge is 2.31. The lowest BCUT2D eigenvalue weighted by Gasteiger charge is -2.19. The second kappa shape index (κ2) is 8.73. The summed E-state index contributed by atoms with van der Waals surface area (Å²) in [5, 5.41) is 17.8. The van der Waals surface area contributed by atoms with Gasteiger partial charge in [-0.3, -0.25) is 0 Å². The van der Waals surface area contributed by atoms with E-state index in [1.165, 1.54) is 11.8 Å². The molecule has 1 aliphatic rings. The van der Waals surface area contributed by atoms with Crippen LogP contribution in [0.25, 0.3) is 16.9 Å². The summed E-state index contributed by atoms with van der Waals surface area (Å²) in [6.07, 6.45) is -0.614. The lowest BCUT2D eigenvalue weighted by Crippen LogP contribution is -2.18. The molecule has 7 nitrogen and oxygen atoms in total. The van der Waals surface area contributed by atoms with Gasteiger partial charge in [0.05, 0.1) is 16.9 Å². The maximum absolute atomic E-state index is 6.83. The molecule has 4 aromatic rings. The normalized spacial score (nSPS) is 14.7. The Labute approximate surface area is 202 Å². The molecule has 0 bridgehead atoms. The van der Waals surface area contributed by atoms with Crippen molar-refractivity contribution in [3.63, 3.8) is 0 Å². The van der Waals surface area contributed by atoms with Gasteiger partial charge in [-0.2, -0.15) is 10.1 Å². The molecule has 32 heavy (non-hydrogen) atoms. The first kappa shape index (κ1) is 21.2. The average molecular weight is 530 g/mol. The number of anilines is 1.